The van der Waals surface area contributed by atoms with E-state index >= 15 is 0 Å². The topological polar surface area (TPSA) is 98.7 Å². The van der Waals surface area contributed by atoms with Crippen molar-refractivity contribution in [2.75, 3.05) is 13.1 Å². The summed E-state index contributed by atoms with van der Waals surface area (Å²) in [7, 11) is 0. The summed E-state index contributed by atoms with van der Waals surface area (Å²) in [5.41, 5.74) is -1.43. The number of amides is 2. The average molecular weight is 288 g/mol. The molecule has 0 spiro atoms. The van der Waals surface area contributed by atoms with E-state index in [0.717, 1.165) is 25.7 Å². The Balaban J connectivity index is 3.95. The van der Waals surface area contributed by atoms with Crippen LogP contribution in [-0.4, -0.2) is 40.9 Å². The summed E-state index contributed by atoms with van der Waals surface area (Å²) in [4.78, 5) is 22.1. The van der Waals surface area contributed by atoms with Crippen LogP contribution in [0.15, 0.2) is 0 Å². The lowest BCUT2D eigenvalue weighted by Gasteiger charge is -2.22. The normalized spacial score (nSPS) is 15.2. The molecule has 0 saturated carbocycles. The Kier molecular flexibility index (Phi) is 8.96. The van der Waals surface area contributed by atoms with E-state index in [0.29, 0.717) is 12.5 Å². The maximum absolute atomic E-state index is 11.6. The van der Waals surface area contributed by atoms with Crippen molar-refractivity contribution in [1.82, 2.24) is 10.6 Å². The molecule has 0 aliphatic heterocycles. The minimum Gasteiger partial charge on any atom is -0.481 e. The van der Waals surface area contributed by atoms with Crippen LogP contribution in [0.4, 0.5) is 4.79 Å². The van der Waals surface area contributed by atoms with Crippen LogP contribution in [-0.2, 0) is 4.79 Å². The zero-order valence-electron chi connectivity index (χ0n) is 12.7. The molecule has 0 saturated heterocycles. The first-order valence-corrected chi connectivity index (χ1v) is 7.26. The van der Waals surface area contributed by atoms with Gasteiger partial charge in [0.2, 0.25) is 0 Å². The molecule has 0 radical (unpaired) electrons. The molecule has 0 fully saturated rings. The summed E-state index contributed by atoms with van der Waals surface area (Å²) in [6.07, 6.45) is 3.98. The number of unbranched alkanes of at least 4 members (excludes halogenated alkanes) is 1. The summed E-state index contributed by atoms with van der Waals surface area (Å²) in [6.45, 7) is 6.13. The second kappa shape index (κ2) is 9.58. The second-order valence-electron chi connectivity index (χ2n) is 5.55. The summed E-state index contributed by atoms with van der Waals surface area (Å²) in [5.74, 6) is -0.636. The zero-order valence-corrected chi connectivity index (χ0v) is 12.7. The van der Waals surface area contributed by atoms with Crippen LogP contribution in [0.3, 0.4) is 0 Å². The van der Waals surface area contributed by atoms with Gasteiger partial charge in [0.1, 0.15) is 0 Å². The van der Waals surface area contributed by atoms with E-state index in [1.165, 1.54) is 6.92 Å². The molecule has 2 atom stereocenters. The number of hydrogen-bond acceptors (Lipinski definition) is 3. The third kappa shape index (κ3) is 9.61. The molecule has 0 aromatic heterocycles. The molecule has 2 amide bonds. The van der Waals surface area contributed by atoms with Gasteiger partial charge < -0.3 is 20.8 Å². The van der Waals surface area contributed by atoms with Crippen molar-refractivity contribution in [2.45, 2.75) is 58.5 Å². The van der Waals surface area contributed by atoms with Gasteiger partial charge in [-0.25, -0.2) is 4.79 Å². The summed E-state index contributed by atoms with van der Waals surface area (Å²) in [5, 5.41) is 23.6. The molecule has 6 heteroatoms. The first-order chi connectivity index (χ1) is 9.30. The van der Waals surface area contributed by atoms with Crippen LogP contribution >= 0.6 is 0 Å². The number of rotatable bonds is 10. The van der Waals surface area contributed by atoms with Gasteiger partial charge in [-0.15, -0.1) is 0 Å². The molecule has 6 nitrogen and oxygen atoms in total. The average Bonchev–Trinajstić information content (AvgIpc) is 2.35. The third-order valence-electron chi connectivity index (χ3n) is 3.26. The Morgan fingerprint density at radius 3 is 2.40 bits per heavy atom. The van der Waals surface area contributed by atoms with E-state index in [1.807, 2.05) is 0 Å². The molecule has 0 bridgehead atoms. The summed E-state index contributed by atoms with van der Waals surface area (Å²) in [6, 6.07) is -0.370. The number of aliphatic hydroxyl groups is 1. The number of aliphatic carboxylic acids is 1. The molecular weight excluding hydrogens is 260 g/mol. The van der Waals surface area contributed by atoms with Gasteiger partial charge in [-0.3, -0.25) is 4.79 Å². The van der Waals surface area contributed by atoms with Gasteiger partial charge in [0.15, 0.2) is 0 Å². The maximum atomic E-state index is 11.6. The van der Waals surface area contributed by atoms with Crippen LogP contribution < -0.4 is 10.6 Å². The highest BCUT2D eigenvalue weighted by atomic mass is 16.4. The number of nitrogens with one attached hydrogen (secondary N) is 2. The van der Waals surface area contributed by atoms with E-state index in [1.54, 1.807) is 0 Å². The van der Waals surface area contributed by atoms with Crippen molar-refractivity contribution < 1.29 is 19.8 Å². The van der Waals surface area contributed by atoms with E-state index in [-0.39, 0.29) is 12.6 Å². The fraction of sp³-hybridized carbons (Fsp3) is 0.857. The highest BCUT2D eigenvalue weighted by molar-refractivity contribution is 5.74. The predicted molar refractivity (Wildman–Crippen MR) is 77.6 cm³/mol. The quantitative estimate of drug-likeness (QED) is 0.492. The fourth-order valence-electron chi connectivity index (χ4n) is 1.90. The van der Waals surface area contributed by atoms with Crippen LogP contribution in [0.2, 0.25) is 0 Å². The molecule has 4 N–H and O–H groups in total. The third-order valence-corrected chi connectivity index (χ3v) is 3.26. The molecule has 20 heavy (non-hydrogen) atoms. The first kappa shape index (κ1) is 18.7. The van der Waals surface area contributed by atoms with E-state index in [4.69, 9.17) is 5.11 Å². The van der Waals surface area contributed by atoms with Crippen LogP contribution in [0.25, 0.3) is 0 Å². The number of carboxylic acids is 1. The van der Waals surface area contributed by atoms with Gasteiger partial charge in [0, 0.05) is 13.1 Å². The molecule has 0 aromatic carbocycles. The fourth-order valence-corrected chi connectivity index (χ4v) is 1.90. The smallest absolute Gasteiger partial charge is 0.314 e. The van der Waals surface area contributed by atoms with Gasteiger partial charge in [-0.05, 0) is 19.3 Å². The van der Waals surface area contributed by atoms with Crippen LogP contribution in [0, 0.1) is 5.92 Å². The number of carboxylic acid groups (broad SMARTS) is 1. The lowest BCUT2D eigenvalue weighted by molar-refractivity contribution is -0.141. The van der Waals surface area contributed by atoms with Gasteiger partial charge >= 0.3 is 12.0 Å². The van der Waals surface area contributed by atoms with Gasteiger partial charge in [-0.1, -0.05) is 33.1 Å². The highest BCUT2D eigenvalue weighted by Crippen LogP contribution is 2.11. The molecule has 0 aliphatic carbocycles. The summed E-state index contributed by atoms with van der Waals surface area (Å²) < 4.78 is 0. The summed E-state index contributed by atoms with van der Waals surface area (Å²) >= 11 is 0. The zero-order chi connectivity index (χ0) is 15.6. The van der Waals surface area contributed by atoms with Crippen molar-refractivity contribution in [3.8, 4) is 0 Å². The standard InChI is InChI=1S/C14H28N2O4/c1-4-6-7-11(5-2)9-15-13(19)16-10-14(3,20)8-12(17)18/h11,20H,4-10H2,1-3H3,(H,17,18)(H2,15,16,19). The maximum Gasteiger partial charge on any atom is 0.314 e. The molecule has 0 aromatic rings. The lowest BCUT2D eigenvalue weighted by atomic mass is 9.99. The van der Waals surface area contributed by atoms with Crippen molar-refractivity contribution in [1.29, 1.82) is 0 Å². The van der Waals surface area contributed by atoms with E-state index < -0.39 is 18.0 Å². The van der Waals surface area contributed by atoms with Gasteiger partial charge in [0.05, 0.1) is 12.0 Å². The molecule has 2 unspecified atom stereocenters. The lowest BCUT2D eigenvalue weighted by Crippen LogP contribution is -2.46. The van der Waals surface area contributed by atoms with Crippen molar-refractivity contribution >= 4 is 12.0 Å². The Hall–Kier alpha value is -1.30. The predicted octanol–water partition coefficient (Wildman–Crippen LogP) is 1.73. The molecular formula is C14H28N2O4. The SMILES string of the molecule is CCCCC(CC)CNC(=O)NCC(C)(O)CC(=O)O. The molecule has 0 rings (SSSR count). The largest absolute Gasteiger partial charge is 0.481 e. The Morgan fingerprint density at radius 2 is 1.90 bits per heavy atom. The number of urea groups is 1. The van der Waals surface area contributed by atoms with E-state index in [9.17, 15) is 14.7 Å². The number of carbonyl (C=O) groups excluding carboxylic acids is 1. The van der Waals surface area contributed by atoms with Crippen LogP contribution in [0.5, 0.6) is 0 Å². The highest BCUT2D eigenvalue weighted by Gasteiger charge is 2.24. The van der Waals surface area contributed by atoms with Crippen molar-refractivity contribution in [3.05, 3.63) is 0 Å². The van der Waals surface area contributed by atoms with Gasteiger partial charge in [0.25, 0.3) is 0 Å². The molecule has 0 aliphatic rings. The molecule has 118 valence electrons. The first-order valence-electron chi connectivity index (χ1n) is 7.26. The van der Waals surface area contributed by atoms with E-state index in [2.05, 4.69) is 24.5 Å². The number of carbonyl (C=O) groups is 2. The minimum absolute atomic E-state index is 0.0864. The Morgan fingerprint density at radius 1 is 1.25 bits per heavy atom. The van der Waals surface area contributed by atoms with Crippen molar-refractivity contribution in [3.63, 3.8) is 0 Å². The molecule has 0 heterocycles. The van der Waals surface area contributed by atoms with Crippen LogP contribution in [0.1, 0.15) is 52.9 Å². The van der Waals surface area contributed by atoms with Crippen molar-refractivity contribution in [2.24, 2.45) is 5.92 Å². The number of hydrogen-bond donors (Lipinski definition) is 4. The second-order valence-corrected chi connectivity index (χ2v) is 5.55. The van der Waals surface area contributed by atoms with Gasteiger partial charge in [-0.2, -0.15) is 0 Å². The Bertz CT molecular complexity index is 306. The minimum atomic E-state index is -1.43. The Labute approximate surface area is 120 Å². The monoisotopic (exact) mass is 288 g/mol.